The molecule has 1 fully saturated rings. The Balaban J connectivity index is 2.33. The molecule has 0 aromatic rings. The molecule has 108 valence electrons. The molecule has 0 aliphatic heterocycles. The van der Waals surface area contributed by atoms with Gasteiger partial charge in [-0.25, -0.2) is 4.39 Å². The van der Waals surface area contributed by atoms with Gasteiger partial charge in [-0.05, 0) is 33.1 Å². The number of carbonyl (C=O) groups is 1. The highest BCUT2D eigenvalue weighted by atomic mass is 19.4. The van der Waals surface area contributed by atoms with Crippen LogP contribution >= 0.6 is 0 Å². The first-order chi connectivity index (χ1) is 8.47. The number of hydrogen-bond donors (Lipinski definition) is 0. The van der Waals surface area contributed by atoms with Crippen LogP contribution in [0.5, 0.6) is 0 Å². The molecule has 4 atom stereocenters. The van der Waals surface area contributed by atoms with Gasteiger partial charge >= 0.3 is 12.1 Å². The van der Waals surface area contributed by atoms with Crippen LogP contribution in [0.15, 0.2) is 12.2 Å². The van der Waals surface area contributed by atoms with Gasteiger partial charge in [0.15, 0.2) is 0 Å². The van der Waals surface area contributed by atoms with E-state index in [1.807, 2.05) is 0 Å². The largest absolute Gasteiger partial charge is 0.460 e. The van der Waals surface area contributed by atoms with Gasteiger partial charge in [-0.3, -0.25) is 4.79 Å². The number of halogens is 4. The first kappa shape index (κ1) is 14.3. The molecule has 2 rings (SSSR count). The molecule has 2 aliphatic rings. The molecule has 0 radical (unpaired) electrons. The second-order valence-corrected chi connectivity index (χ2v) is 6.17. The Morgan fingerprint density at radius 2 is 1.84 bits per heavy atom. The molecule has 0 aromatic carbocycles. The molecule has 0 amide bonds. The van der Waals surface area contributed by atoms with Crippen LogP contribution in [-0.4, -0.2) is 23.4 Å². The van der Waals surface area contributed by atoms with Crippen molar-refractivity contribution in [3.05, 3.63) is 12.2 Å². The zero-order valence-corrected chi connectivity index (χ0v) is 10.9. The summed E-state index contributed by atoms with van der Waals surface area (Å²) in [6.45, 7) is 4.63. The summed E-state index contributed by atoms with van der Waals surface area (Å²) in [4.78, 5) is 11.9. The Morgan fingerprint density at radius 1 is 1.26 bits per heavy atom. The van der Waals surface area contributed by atoms with Crippen LogP contribution in [0.1, 0.15) is 27.2 Å². The highest BCUT2D eigenvalue weighted by Crippen LogP contribution is 2.59. The van der Waals surface area contributed by atoms with Gasteiger partial charge in [0.2, 0.25) is 5.67 Å². The van der Waals surface area contributed by atoms with Crippen LogP contribution in [0.2, 0.25) is 0 Å². The van der Waals surface area contributed by atoms with Crippen LogP contribution in [0, 0.1) is 17.8 Å². The topological polar surface area (TPSA) is 26.3 Å². The second-order valence-electron chi connectivity index (χ2n) is 6.17. The summed E-state index contributed by atoms with van der Waals surface area (Å²) in [5.41, 5.74) is -4.44. The lowest BCUT2D eigenvalue weighted by atomic mass is 9.79. The normalized spacial score (nSPS) is 37.7. The third kappa shape index (κ3) is 2.15. The highest BCUT2D eigenvalue weighted by Gasteiger charge is 2.73. The second kappa shape index (κ2) is 3.96. The van der Waals surface area contributed by atoms with E-state index >= 15 is 0 Å². The maximum atomic E-state index is 14.5. The van der Waals surface area contributed by atoms with Gasteiger partial charge in [-0.1, -0.05) is 12.2 Å². The van der Waals surface area contributed by atoms with Gasteiger partial charge in [0.05, 0.1) is 0 Å². The number of allylic oxidation sites excluding steroid dienone is 2. The summed E-state index contributed by atoms with van der Waals surface area (Å²) in [6.07, 6.45) is -2.35. The van der Waals surface area contributed by atoms with E-state index in [9.17, 15) is 22.4 Å². The molecule has 6 heteroatoms. The van der Waals surface area contributed by atoms with Gasteiger partial charge in [-0.15, -0.1) is 0 Å². The fourth-order valence-electron chi connectivity index (χ4n) is 2.93. The molecule has 4 unspecified atom stereocenters. The van der Waals surface area contributed by atoms with Crippen LogP contribution in [0.4, 0.5) is 17.6 Å². The van der Waals surface area contributed by atoms with Gasteiger partial charge in [-0.2, -0.15) is 13.2 Å². The molecule has 0 N–H and O–H groups in total. The van der Waals surface area contributed by atoms with Crippen molar-refractivity contribution < 1.29 is 27.1 Å². The van der Waals surface area contributed by atoms with Crippen molar-refractivity contribution in [3.63, 3.8) is 0 Å². The molecule has 1 saturated carbocycles. The lowest BCUT2D eigenvalue weighted by Crippen LogP contribution is -2.54. The lowest BCUT2D eigenvalue weighted by Gasteiger charge is -2.36. The zero-order chi connectivity index (χ0) is 14.6. The van der Waals surface area contributed by atoms with Crippen LogP contribution < -0.4 is 0 Å². The fourth-order valence-corrected chi connectivity index (χ4v) is 2.93. The summed E-state index contributed by atoms with van der Waals surface area (Å²) in [5, 5.41) is 0. The predicted molar refractivity (Wildman–Crippen MR) is 60.0 cm³/mol. The molecule has 2 nitrogen and oxygen atoms in total. The smallest absolute Gasteiger partial charge is 0.423 e. The van der Waals surface area contributed by atoms with Gasteiger partial charge in [0, 0.05) is 5.92 Å². The molecule has 0 heterocycles. The lowest BCUT2D eigenvalue weighted by molar-refractivity contribution is -0.257. The number of rotatable bonds is 1. The minimum absolute atomic E-state index is 0.0138. The van der Waals surface area contributed by atoms with Crippen molar-refractivity contribution >= 4 is 5.97 Å². The SMILES string of the molecule is CC(C)(C)OC(=O)C1C2C=CC(C2)C1(F)C(F)(F)F. The Bertz CT molecular complexity index is 421. The van der Waals surface area contributed by atoms with E-state index < -0.39 is 41.2 Å². The molecular formula is C13H16F4O2. The van der Waals surface area contributed by atoms with Crippen molar-refractivity contribution in [2.75, 3.05) is 0 Å². The van der Waals surface area contributed by atoms with Gasteiger partial charge < -0.3 is 4.74 Å². The summed E-state index contributed by atoms with van der Waals surface area (Å²) in [6, 6.07) is 0. The van der Waals surface area contributed by atoms with Crippen molar-refractivity contribution in [1.82, 2.24) is 0 Å². The first-order valence-corrected chi connectivity index (χ1v) is 6.13. The van der Waals surface area contributed by atoms with E-state index in [-0.39, 0.29) is 6.42 Å². The molecular weight excluding hydrogens is 264 g/mol. The molecule has 2 aliphatic carbocycles. The number of alkyl halides is 4. The van der Waals surface area contributed by atoms with E-state index in [2.05, 4.69) is 0 Å². The zero-order valence-electron chi connectivity index (χ0n) is 10.9. The highest BCUT2D eigenvalue weighted by molar-refractivity contribution is 5.76. The first-order valence-electron chi connectivity index (χ1n) is 6.13. The maximum Gasteiger partial charge on any atom is 0.423 e. The molecule has 0 aromatic heterocycles. The predicted octanol–water partition coefficient (Wildman–Crippen LogP) is 3.42. The number of esters is 1. The van der Waals surface area contributed by atoms with E-state index in [0.29, 0.717) is 0 Å². The van der Waals surface area contributed by atoms with Crippen molar-refractivity contribution in [3.8, 4) is 0 Å². The molecule has 0 saturated heterocycles. The van der Waals surface area contributed by atoms with Crippen molar-refractivity contribution in [2.45, 2.75) is 44.6 Å². The van der Waals surface area contributed by atoms with E-state index in [0.717, 1.165) is 0 Å². The van der Waals surface area contributed by atoms with E-state index in [1.165, 1.54) is 12.2 Å². The third-order valence-electron chi connectivity index (χ3n) is 3.63. The maximum absolute atomic E-state index is 14.5. The van der Waals surface area contributed by atoms with E-state index in [4.69, 9.17) is 4.74 Å². The average molecular weight is 280 g/mol. The number of carbonyl (C=O) groups excluding carboxylic acids is 1. The summed E-state index contributed by atoms with van der Waals surface area (Å²) < 4.78 is 58.6. The quantitative estimate of drug-likeness (QED) is 0.418. The number of hydrogen-bond acceptors (Lipinski definition) is 2. The number of ether oxygens (including phenoxy) is 1. The van der Waals surface area contributed by atoms with Crippen LogP contribution in [-0.2, 0) is 9.53 Å². The minimum atomic E-state index is -5.07. The minimum Gasteiger partial charge on any atom is -0.460 e. The Labute approximate surface area is 108 Å². The van der Waals surface area contributed by atoms with E-state index in [1.54, 1.807) is 20.8 Å². The molecule has 2 bridgehead atoms. The Hall–Kier alpha value is -1.07. The number of fused-ring (bicyclic) bond motifs is 2. The monoisotopic (exact) mass is 280 g/mol. The summed E-state index contributed by atoms with van der Waals surface area (Å²) >= 11 is 0. The third-order valence-corrected chi connectivity index (χ3v) is 3.63. The molecule has 0 spiro atoms. The Kier molecular flexibility index (Phi) is 2.99. The van der Waals surface area contributed by atoms with Crippen LogP contribution in [0.25, 0.3) is 0 Å². The van der Waals surface area contributed by atoms with Crippen molar-refractivity contribution in [2.24, 2.45) is 17.8 Å². The van der Waals surface area contributed by atoms with Crippen LogP contribution in [0.3, 0.4) is 0 Å². The summed E-state index contributed by atoms with van der Waals surface area (Å²) in [7, 11) is 0. The fraction of sp³-hybridized carbons (Fsp3) is 0.769. The Morgan fingerprint density at radius 3 is 2.32 bits per heavy atom. The molecule has 19 heavy (non-hydrogen) atoms. The summed E-state index contributed by atoms with van der Waals surface area (Å²) in [5.74, 6) is -4.91. The standard InChI is InChI=1S/C13H16F4O2/c1-11(2,3)19-10(18)9-7-4-5-8(6-7)12(9,14)13(15,16)17/h4-5,7-9H,6H2,1-3H3. The average Bonchev–Trinajstić information content (AvgIpc) is 2.71. The van der Waals surface area contributed by atoms with Gasteiger partial charge in [0.25, 0.3) is 0 Å². The van der Waals surface area contributed by atoms with Gasteiger partial charge in [0.1, 0.15) is 11.5 Å². The van der Waals surface area contributed by atoms with Crippen molar-refractivity contribution in [1.29, 1.82) is 0 Å².